The van der Waals surface area contributed by atoms with Crippen molar-refractivity contribution in [2.75, 3.05) is 0 Å². The Hall–Kier alpha value is 1.27. The van der Waals surface area contributed by atoms with Crippen molar-refractivity contribution in [1.29, 1.82) is 0 Å². The first kappa shape index (κ1) is 59.4. The van der Waals surface area contributed by atoms with Crippen LogP contribution in [0.4, 0.5) is 0 Å². The molecule has 0 saturated heterocycles. The molecule has 0 aliphatic rings. The Morgan fingerprint density at radius 1 is 1.00 bits per heavy atom. The second-order valence-electron chi connectivity index (χ2n) is 0. The van der Waals surface area contributed by atoms with Gasteiger partial charge in [-0.1, -0.05) is 7.43 Å². The van der Waals surface area contributed by atoms with Crippen molar-refractivity contribution in [3.05, 3.63) is 0 Å². The van der Waals surface area contributed by atoms with Crippen LogP contribution in [0.5, 0.6) is 0 Å². The normalized spacial score (nSPS) is 0. The van der Waals surface area contributed by atoms with Gasteiger partial charge < -0.3 is 0 Å². The Labute approximate surface area is 54.0 Å². The van der Waals surface area contributed by atoms with E-state index in [1.54, 1.807) is 0 Å². The van der Waals surface area contributed by atoms with Gasteiger partial charge in [0.15, 0.2) is 0 Å². The second-order valence-corrected chi connectivity index (χ2v) is 0. The molecule has 0 heterocycles. The van der Waals surface area contributed by atoms with E-state index < -0.39 is 0 Å². The number of rotatable bonds is 0. The SMILES string of the molecule is C.[B].[Fe].[Mo]. The molecule has 0 aromatic rings. The summed E-state index contributed by atoms with van der Waals surface area (Å²) in [5, 5.41) is 0. The van der Waals surface area contributed by atoms with Gasteiger partial charge in [0, 0.05) is 46.5 Å². The molecular formula is CH4BFeMo. The van der Waals surface area contributed by atoms with Gasteiger partial charge in [0.1, 0.15) is 0 Å². The first-order chi connectivity index (χ1) is 0. The van der Waals surface area contributed by atoms with Gasteiger partial charge in [-0.3, -0.25) is 0 Å². The fraction of sp³-hybridized carbons (Fsp3) is 1.00. The van der Waals surface area contributed by atoms with Crippen LogP contribution in [-0.4, -0.2) is 8.41 Å². The molecule has 0 N–H and O–H groups in total. The van der Waals surface area contributed by atoms with E-state index in [4.69, 9.17) is 0 Å². The van der Waals surface area contributed by atoms with E-state index in [1.165, 1.54) is 0 Å². The molecule has 0 bridgehead atoms. The maximum absolute atomic E-state index is 0. The van der Waals surface area contributed by atoms with Gasteiger partial charge in [-0.15, -0.1) is 0 Å². The standard InChI is InChI=1S/CH4.B.Fe.Mo/h1H4;;;. The number of hydrogen-bond donors (Lipinski definition) is 0. The molecule has 4 heavy (non-hydrogen) atoms. The van der Waals surface area contributed by atoms with Crippen LogP contribution >= 0.6 is 0 Å². The van der Waals surface area contributed by atoms with Crippen molar-refractivity contribution in [1.82, 2.24) is 0 Å². The summed E-state index contributed by atoms with van der Waals surface area (Å²) in [6.07, 6.45) is 0. The Morgan fingerprint density at radius 2 is 1.00 bits per heavy atom. The van der Waals surface area contributed by atoms with Crippen LogP contribution < -0.4 is 0 Å². The van der Waals surface area contributed by atoms with Crippen LogP contribution in [-0.2, 0) is 38.1 Å². The fourth-order valence-corrected chi connectivity index (χ4v) is 0. The summed E-state index contributed by atoms with van der Waals surface area (Å²) in [5.41, 5.74) is 0. The third-order valence-electron chi connectivity index (χ3n) is 0. The van der Waals surface area contributed by atoms with Crippen LogP contribution in [0, 0.1) is 0 Å². The van der Waals surface area contributed by atoms with E-state index in [1.807, 2.05) is 0 Å². The van der Waals surface area contributed by atoms with E-state index in [2.05, 4.69) is 0 Å². The minimum absolute atomic E-state index is 0. The summed E-state index contributed by atoms with van der Waals surface area (Å²) in [4.78, 5) is 0. The Kier molecular flexibility index (Phi) is 420. The first-order valence-electron chi connectivity index (χ1n) is 0. The molecule has 0 nitrogen and oxygen atoms in total. The summed E-state index contributed by atoms with van der Waals surface area (Å²) in [6.45, 7) is 0. The van der Waals surface area contributed by atoms with Gasteiger partial charge in [0.2, 0.25) is 0 Å². The largest absolute Gasteiger partial charge is 0.0776 e. The molecule has 0 atom stereocenters. The van der Waals surface area contributed by atoms with E-state index in [-0.39, 0.29) is 54.0 Å². The van der Waals surface area contributed by atoms with Crippen LogP contribution in [0.15, 0.2) is 0 Å². The molecule has 0 aliphatic carbocycles. The summed E-state index contributed by atoms with van der Waals surface area (Å²) in [5.74, 6) is 0. The third-order valence-corrected chi connectivity index (χ3v) is 0. The first-order valence-corrected chi connectivity index (χ1v) is 0. The van der Waals surface area contributed by atoms with Gasteiger partial charge in [-0.05, 0) is 0 Å². The maximum atomic E-state index is 0. The summed E-state index contributed by atoms with van der Waals surface area (Å²) < 4.78 is 0. The van der Waals surface area contributed by atoms with Crippen molar-refractivity contribution in [2.45, 2.75) is 7.43 Å². The topological polar surface area (TPSA) is 0 Å². The molecule has 0 aromatic heterocycles. The van der Waals surface area contributed by atoms with Crippen molar-refractivity contribution in [3.8, 4) is 0 Å². The quantitative estimate of drug-likeness (QED) is 0.467. The number of hydrogen-bond acceptors (Lipinski definition) is 0. The van der Waals surface area contributed by atoms with Crippen LogP contribution in [0.2, 0.25) is 0 Å². The smallest absolute Gasteiger partial charge is 0 e. The molecule has 0 aliphatic heterocycles. The molecule has 0 rings (SSSR count). The molecule has 3 heteroatoms. The maximum Gasteiger partial charge on any atom is 0 e. The molecule has 0 unspecified atom stereocenters. The van der Waals surface area contributed by atoms with E-state index in [9.17, 15) is 0 Å². The summed E-state index contributed by atoms with van der Waals surface area (Å²) >= 11 is 0. The molecule has 0 saturated carbocycles. The zero-order valence-electron chi connectivity index (χ0n) is 1.34. The van der Waals surface area contributed by atoms with Crippen molar-refractivity contribution >= 4 is 8.41 Å². The van der Waals surface area contributed by atoms with Crippen molar-refractivity contribution in [3.63, 3.8) is 0 Å². The molecule has 0 spiro atoms. The van der Waals surface area contributed by atoms with Gasteiger partial charge >= 0.3 is 0 Å². The van der Waals surface area contributed by atoms with E-state index in [0.29, 0.717) is 0 Å². The monoisotopic (exact) mass is 181 g/mol. The Morgan fingerprint density at radius 3 is 1.00 bits per heavy atom. The van der Waals surface area contributed by atoms with Crippen LogP contribution in [0.25, 0.3) is 0 Å². The minimum atomic E-state index is 0. The molecular weight excluding hydrogens is 175 g/mol. The van der Waals surface area contributed by atoms with Gasteiger partial charge in [-0.25, -0.2) is 0 Å². The fourth-order valence-electron chi connectivity index (χ4n) is 0. The van der Waals surface area contributed by atoms with Crippen LogP contribution in [0.3, 0.4) is 0 Å². The molecule has 0 amide bonds. The average molecular weight is 179 g/mol. The van der Waals surface area contributed by atoms with E-state index >= 15 is 0 Å². The van der Waals surface area contributed by atoms with Crippen LogP contribution in [0.1, 0.15) is 7.43 Å². The summed E-state index contributed by atoms with van der Waals surface area (Å²) in [6, 6.07) is 0. The van der Waals surface area contributed by atoms with Gasteiger partial charge in [-0.2, -0.15) is 0 Å². The zero-order chi connectivity index (χ0) is 0. The van der Waals surface area contributed by atoms with Gasteiger partial charge in [0.05, 0.1) is 0 Å². The molecule has 0 fully saturated rings. The predicted octanol–water partition coefficient (Wildman–Crippen LogP) is 0.250. The molecule has 3 radical (unpaired) electrons. The Bertz CT molecular complexity index is 8.00. The summed E-state index contributed by atoms with van der Waals surface area (Å²) in [7, 11) is 0. The molecule has 0 aromatic carbocycles. The molecule has 25 valence electrons. The third kappa shape index (κ3) is 10.4. The van der Waals surface area contributed by atoms with Crippen molar-refractivity contribution < 1.29 is 38.1 Å². The van der Waals surface area contributed by atoms with Crippen molar-refractivity contribution in [2.24, 2.45) is 0 Å². The predicted molar refractivity (Wildman–Crippen MR) is 12.5 cm³/mol. The van der Waals surface area contributed by atoms with Gasteiger partial charge in [0.25, 0.3) is 0 Å². The zero-order valence-corrected chi connectivity index (χ0v) is 4.45. The average Bonchev–Trinajstić information content (AvgIpc) is 0. The van der Waals surface area contributed by atoms with E-state index in [0.717, 1.165) is 0 Å². The minimum Gasteiger partial charge on any atom is -0.0776 e. The Balaban J connectivity index is 0. The second kappa shape index (κ2) is 28.3.